The summed E-state index contributed by atoms with van der Waals surface area (Å²) in [4.78, 5) is 4.17. The van der Waals surface area contributed by atoms with Gasteiger partial charge in [-0.25, -0.2) is 4.98 Å². The topological polar surface area (TPSA) is 37.0 Å². The van der Waals surface area contributed by atoms with Gasteiger partial charge in [0.25, 0.3) is 0 Å². The summed E-state index contributed by atoms with van der Waals surface area (Å²) in [7, 11) is 0. The lowest BCUT2D eigenvalue weighted by Crippen LogP contribution is -2.22. The molecule has 1 aromatic heterocycles. The van der Waals surface area contributed by atoms with Crippen LogP contribution in [0, 0.1) is 0 Å². The van der Waals surface area contributed by atoms with Gasteiger partial charge in [-0.2, -0.15) is 0 Å². The Morgan fingerprint density at radius 2 is 2.27 bits per heavy atom. The van der Waals surface area contributed by atoms with Gasteiger partial charge in [0, 0.05) is 18.8 Å². The fraction of sp³-hybridized carbons (Fsp3) is 0.444. The van der Waals surface area contributed by atoms with E-state index in [0.717, 1.165) is 25.3 Å². The van der Waals surface area contributed by atoms with Crippen molar-refractivity contribution < 1.29 is 0 Å². The molecule has 0 radical (unpaired) electrons. The molecule has 15 heavy (non-hydrogen) atoms. The van der Waals surface area contributed by atoms with Gasteiger partial charge < -0.3 is 10.6 Å². The second-order valence-electron chi connectivity index (χ2n) is 3.17. The highest BCUT2D eigenvalue weighted by atomic mass is 35.5. The number of aromatic nitrogens is 1. The molecule has 1 fully saturated rings. The van der Waals surface area contributed by atoms with Crippen molar-refractivity contribution in [2.75, 3.05) is 18.4 Å². The van der Waals surface area contributed by atoms with Crippen LogP contribution in [-0.4, -0.2) is 24.1 Å². The molecule has 6 heteroatoms. The van der Waals surface area contributed by atoms with Gasteiger partial charge in [0.05, 0.1) is 5.02 Å². The highest BCUT2D eigenvalue weighted by Crippen LogP contribution is 2.19. The third-order valence-electron chi connectivity index (χ3n) is 2.16. The molecule has 0 bridgehead atoms. The average molecular weight is 271 g/mol. The lowest BCUT2D eigenvalue weighted by molar-refractivity contribution is 0.788. The van der Waals surface area contributed by atoms with Gasteiger partial charge in [-0.15, -0.1) is 24.8 Å². The van der Waals surface area contributed by atoms with Crippen molar-refractivity contribution in [1.82, 2.24) is 10.3 Å². The number of anilines is 1. The molecule has 0 spiro atoms. The van der Waals surface area contributed by atoms with Crippen molar-refractivity contribution in [3.05, 3.63) is 23.4 Å². The van der Waals surface area contributed by atoms with Gasteiger partial charge in [-0.1, -0.05) is 11.6 Å². The first-order valence-electron chi connectivity index (χ1n) is 4.44. The van der Waals surface area contributed by atoms with Gasteiger partial charge in [0.2, 0.25) is 0 Å². The zero-order valence-corrected chi connectivity index (χ0v) is 10.5. The van der Waals surface area contributed by atoms with Gasteiger partial charge in [0.15, 0.2) is 0 Å². The highest BCUT2D eigenvalue weighted by molar-refractivity contribution is 6.32. The molecule has 1 aromatic rings. The lowest BCUT2D eigenvalue weighted by atomic mass is 10.2. The maximum Gasteiger partial charge on any atom is 0.145 e. The van der Waals surface area contributed by atoms with Crippen LogP contribution in [0.4, 0.5) is 5.82 Å². The summed E-state index contributed by atoms with van der Waals surface area (Å²) in [6, 6.07) is 4.15. The van der Waals surface area contributed by atoms with Gasteiger partial charge in [-0.3, -0.25) is 0 Å². The molecule has 86 valence electrons. The Kier molecular flexibility index (Phi) is 7.02. The van der Waals surface area contributed by atoms with E-state index in [2.05, 4.69) is 15.6 Å². The Hall–Kier alpha value is -0.220. The number of nitrogens with zero attached hydrogens (tertiary/aromatic N) is 1. The summed E-state index contributed by atoms with van der Waals surface area (Å²) in [6.45, 7) is 2.06. The van der Waals surface area contributed by atoms with Crippen LogP contribution >= 0.6 is 36.4 Å². The van der Waals surface area contributed by atoms with Crippen LogP contribution in [0.25, 0.3) is 0 Å². The standard InChI is InChI=1S/C9H12ClN3.2ClH/c10-8-2-1-4-12-9(8)13-7-3-5-11-6-7;;/h1-2,4,7,11H,3,5-6H2,(H,12,13);2*1H. The Morgan fingerprint density at radius 3 is 2.87 bits per heavy atom. The number of nitrogens with one attached hydrogen (secondary N) is 2. The van der Waals surface area contributed by atoms with Crippen LogP contribution in [0.1, 0.15) is 6.42 Å². The van der Waals surface area contributed by atoms with Crippen LogP contribution in [-0.2, 0) is 0 Å². The molecule has 2 rings (SSSR count). The smallest absolute Gasteiger partial charge is 0.145 e. The zero-order valence-electron chi connectivity index (χ0n) is 8.07. The molecular formula is C9H14Cl3N3. The molecule has 2 heterocycles. The van der Waals surface area contributed by atoms with E-state index in [-0.39, 0.29) is 24.8 Å². The van der Waals surface area contributed by atoms with Crippen molar-refractivity contribution >= 4 is 42.2 Å². The minimum Gasteiger partial charge on any atom is -0.365 e. The van der Waals surface area contributed by atoms with E-state index in [1.165, 1.54) is 0 Å². The zero-order chi connectivity index (χ0) is 9.10. The molecule has 0 amide bonds. The highest BCUT2D eigenvalue weighted by Gasteiger charge is 2.15. The molecule has 1 unspecified atom stereocenters. The van der Waals surface area contributed by atoms with Crippen LogP contribution < -0.4 is 10.6 Å². The van der Waals surface area contributed by atoms with Crippen molar-refractivity contribution in [3.8, 4) is 0 Å². The maximum absolute atomic E-state index is 5.96. The molecule has 2 N–H and O–H groups in total. The molecule has 0 aromatic carbocycles. The van der Waals surface area contributed by atoms with Gasteiger partial charge in [0.1, 0.15) is 5.82 Å². The predicted octanol–water partition coefficient (Wildman–Crippen LogP) is 2.35. The normalized spacial score (nSPS) is 18.9. The molecular weight excluding hydrogens is 256 g/mol. The Balaban J connectivity index is 0.000000980. The summed E-state index contributed by atoms with van der Waals surface area (Å²) >= 11 is 5.96. The first-order valence-corrected chi connectivity index (χ1v) is 4.82. The SMILES string of the molecule is Cl.Cl.Clc1cccnc1NC1CCNC1. The molecule has 1 saturated heterocycles. The summed E-state index contributed by atoms with van der Waals surface area (Å²) in [6.07, 6.45) is 2.88. The number of rotatable bonds is 2. The number of hydrogen-bond acceptors (Lipinski definition) is 3. The van der Waals surface area contributed by atoms with Crippen LogP contribution in [0.3, 0.4) is 0 Å². The van der Waals surface area contributed by atoms with E-state index >= 15 is 0 Å². The van der Waals surface area contributed by atoms with E-state index in [4.69, 9.17) is 11.6 Å². The third-order valence-corrected chi connectivity index (χ3v) is 2.46. The van der Waals surface area contributed by atoms with Crippen LogP contribution in [0.2, 0.25) is 5.02 Å². The van der Waals surface area contributed by atoms with Crippen molar-refractivity contribution in [1.29, 1.82) is 0 Å². The molecule has 1 atom stereocenters. The molecule has 0 aliphatic carbocycles. The van der Waals surface area contributed by atoms with Crippen molar-refractivity contribution in [3.63, 3.8) is 0 Å². The quantitative estimate of drug-likeness (QED) is 0.866. The Labute approximate surface area is 107 Å². The van der Waals surface area contributed by atoms with E-state index in [1.807, 2.05) is 12.1 Å². The van der Waals surface area contributed by atoms with Gasteiger partial charge >= 0.3 is 0 Å². The summed E-state index contributed by atoms with van der Waals surface area (Å²) in [5, 5.41) is 7.27. The first kappa shape index (κ1) is 14.8. The molecule has 0 saturated carbocycles. The largest absolute Gasteiger partial charge is 0.365 e. The Morgan fingerprint density at radius 1 is 1.47 bits per heavy atom. The first-order chi connectivity index (χ1) is 6.36. The second-order valence-corrected chi connectivity index (χ2v) is 3.58. The number of pyridine rings is 1. The van der Waals surface area contributed by atoms with E-state index < -0.39 is 0 Å². The molecule has 3 nitrogen and oxygen atoms in total. The summed E-state index contributed by atoms with van der Waals surface area (Å²) < 4.78 is 0. The second kappa shape index (κ2) is 7.12. The van der Waals surface area contributed by atoms with E-state index in [1.54, 1.807) is 6.20 Å². The number of hydrogen-bond donors (Lipinski definition) is 2. The fourth-order valence-electron chi connectivity index (χ4n) is 1.46. The van der Waals surface area contributed by atoms with Crippen molar-refractivity contribution in [2.45, 2.75) is 12.5 Å². The minimum absolute atomic E-state index is 0. The van der Waals surface area contributed by atoms with E-state index in [0.29, 0.717) is 11.1 Å². The lowest BCUT2D eigenvalue weighted by Gasteiger charge is -2.12. The van der Waals surface area contributed by atoms with Crippen LogP contribution in [0.15, 0.2) is 18.3 Å². The third kappa shape index (κ3) is 4.03. The maximum atomic E-state index is 5.96. The average Bonchev–Trinajstić information content (AvgIpc) is 2.61. The van der Waals surface area contributed by atoms with E-state index in [9.17, 15) is 0 Å². The fourth-order valence-corrected chi connectivity index (χ4v) is 1.64. The summed E-state index contributed by atoms with van der Waals surface area (Å²) in [5.41, 5.74) is 0. The monoisotopic (exact) mass is 269 g/mol. The molecule has 1 aliphatic heterocycles. The van der Waals surface area contributed by atoms with Crippen LogP contribution in [0.5, 0.6) is 0 Å². The van der Waals surface area contributed by atoms with Crippen molar-refractivity contribution in [2.24, 2.45) is 0 Å². The summed E-state index contributed by atoms with van der Waals surface area (Å²) in [5.74, 6) is 0.790. The number of halogens is 3. The minimum atomic E-state index is 0. The Bertz CT molecular complexity index is 290. The van der Waals surface area contributed by atoms with Gasteiger partial charge in [-0.05, 0) is 25.1 Å². The molecule has 1 aliphatic rings. The predicted molar refractivity (Wildman–Crippen MR) is 68.6 cm³/mol.